The molecule has 0 atom stereocenters. The van der Waals surface area contributed by atoms with Gasteiger partial charge in [0.1, 0.15) is 17.3 Å². The van der Waals surface area contributed by atoms with Crippen LogP contribution in [0.2, 0.25) is 0 Å². The van der Waals surface area contributed by atoms with Gasteiger partial charge in [-0.1, -0.05) is 11.3 Å². The van der Waals surface area contributed by atoms with Crippen LogP contribution in [-0.2, 0) is 6.54 Å². The first-order valence-electron chi connectivity index (χ1n) is 15.2. The lowest BCUT2D eigenvalue weighted by Gasteiger charge is -2.34. The molecule has 0 unspecified atom stereocenters. The van der Waals surface area contributed by atoms with E-state index in [2.05, 4.69) is 25.8 Å². The zero-order chi connectivity index (χ0) is 31.3. The molecule has 10 nitrogen and oxygen atoms in total. The molecule has 2 aliphatic heterocycles. The summed E-state index contributed by atoms with van der Waals surface area (Å²) in [5, 5.41) is 24.5. The molecule has 45 heavy (non-hydrogen) atoms. The SMILES string of the molecule is O=C(Nc1cccc(-n2cc(CNc3ccc(N4CCC(O)CC4)c(C(=O)N4CCCCC4)c3)nn2)c1)c1cc(F)cc(F)c1. The third-order valence-electron chi connectivity index (χ3n) is 8.18. The van der Waals surface area contributed by atoms with Crippen LogP contribution in [-0.4, -0.2) is 69.1 Å². The van der Waals surface area contributed by atoms with Crippen LogP contribution < -0.4 is 15.5 Å². The van der Waals surface area contributed by atoms with Crippen LogP contribution >= 0.6 is 0 Å². The molecule has 12 heteroatoms. The van der Waals surface area contributed by atoms with Gasteiger partial charge in [-0.25, -0.2) is 13.5 Å². The Morgan fingerprint density at radius 3 is 2.40 bits per heavy atom. The molecule has 0 bridgehead atoms. The molecule has 2 aliphatic rings. The van der Waals surface area contributed by atoms with Crippen molar-refractivity contribution in [1.82, 2.24) is 19.9 Å². The van der Waals surface area contributed by atoms with E-state index in [4.69, 9.17) is 0 Å². The van der Waals surface area contributed by atoms with Gasteiger partial charge >= 0.3 is 0 Å². The van der Waals surface area contributed by atoms with Gasteiger partial charge in [0, 0.05) is 54.9 Å². The quantitative estimate of drug-likeness (QED) is 0.256. The summed E-state index contributed by atoms with van der Waals surface area (Å²) in [6.07, 6.45) is 5.95. The second kappa shape index (κ2) is 13.4. The van der Waals surface area contributed by atoms with Crippen LogP contribution in [0.4, 0.5) is 25.8 Å². The Hall–Kier alpha value is -4.84. The third kappa shape index (κ3) is 7.28. The smallest absolute Gasteiger partial charge is 0.256 e. The Kier molecular flexibility index (Phi) is 9.01. The molecule has 3 heterocycles. The Balaban J connectivity index is 1.14. The summed E-state index contributed by atoms with van der Waals surface area (Å²) >= 11 is 0. The maximum Gasteiger partial charge on any atom is 0.256 e. The fraction of sp³-hybridized carbons (Fsp3) is 0.333. The van der Waals surface area contributed by atoms with E-state index < -0.39 is 17.5 Å². The zero-order valence-corrected chi connectivity index (χ0v) is 24.8. The number of aliphatic hydroxyl groups excluding tert-OH is 1. The van der Waals surface area contributed by atoms with Crippen LogP contribution in [0.3, 0.4) is 0 Å². The summed E-state index contributed by atoms with van der Waals surface area (Å²) in [5.41, 5.74) is 3.90. The number of amides is 2. The molecule has 2 saturated heterocycles. The van der Waals surface area contributed by atoms with Gasteiger partial charge in [-0.05, 0) is 80.6 Å². The average molecular weight is 616 g/mol. The van der Waals surface area contributed by atoms with E-state index in [9.17, 15) is 23.5 Å². The highest BCUT2D eigenvalue weighted by atomic mass is 19.1. The minimum absolute atomic E-state index is 0.0277. The number of nitrogens with zero attached hydrogens (tertiary/aromatic N) is 5. The second-order valence-electron chi connectivity index (χ2n) is 11.5. The summed E-state index contributed by atoms with van der Waals surface area (Å²) in [6.45, 7) is 3.27. The van der Waals surface area contributed by atoms with Gasteiger partial charge < -0.3 is 25.5 Å². The third-order valence-corrected chi connectivity index (χ3v) is 8.18. The minimum Gasteiger partial charge on any atom is -0.393 e. The molecular formula is C33H35F2N7O3. The Bertz CT molecular complexity index is 1660. The fourth-order valence-corrected chi connectivity index (χ4v) is 5.78. The first-order valence-corrected chi connectivity index (χ1v) is 15.2. The predicted octanol–water partition coefficient (Wildman–Crippen LogP) is 5.00. The van der Waals surface area contributed by atoms with Crippen LogP contribution in [0.15, 0.2) is 66.9 Å². The maximum absolute atomic E-state index is 13.7. The van der Waals surface area contributed by atoms with Crippen LogP contribution in [0, 0.1) is 11.6 Å². The van der Waals surface area contributed by atoms with Crippen molar-refractivity contribution in [3.63, 3.8) is 0 Å². The predicted molar refractivity (Wildman–Crippen MR) is 167 cm³/mol. The molecule has 2 fully saturated rings. The van der Waals surface area contributed by atoms with Crippen molar-refractivity contribution in [2.24, 2.45) is 0 Å². The number of anilines is 3. The second-order valence-corrected chi connectivity index (χ2v) is 11.5. The van der Waals surface area contributed by atoms with E-state index in [1.54, 1.807) is 35.1 Å². The molecule has 3 N–H and O–H groups in total. The first kappa shape index (κ1) is 30.2. The van der Waals surface area contributed by atoms with Gasteiger partial charge in [0.25, 0.3) is 11.8 Å². The lowest BCUT2D eigenvalue weighted by atomic mass is 10.0. The highest BCUT2D eigenvalue weighted by Gasteiger charge is 2.26. The van der Waals surface area contributed by atoms with Gasteiger partial charge in [0.15, 0.2) is 0 Å². The number of rotatable bonds is 8. The number of aromatic nitrogens is 3. The minimum atomic E-state index is -0.832. The summed E-state index contributed by atoms with van der Waals surface area (Å²) < 4.78 is 28.7. The molecular weight excluding hydrogens is 580 g/mol. The van der Waals surface area contributed by atoms with Crippen molar-refractivity contribution in [3.8, 4) is 5.69 Å². The van der Waals surface area contributed by atoms with Crippen LogP contribution in [0.25, 0.3) is 5.69 Å². The lowest BCUT2D eigenvalue weighted by Crippen LogP contribution is -2.39. The fourth-order valence-electron chi connectivity index (χ4n) is 5.78. The normalized spacial score (nSPS) is 15.6. The van der Waals surface area contributed by atoms with Crippen molar-refractivity contribution in [2.75, 3.05) is 41.7 Å². The highest BCUT2D eigenvalue weighted by molar-refractivity contribution is 6.04. The number of nitrogens with one attached hydrogen (secondary N) is 2. The van der Waals surface area contributed by atoms with E-state index in [0.717, 1.165) is 55.9 Å². The summed E-state index contributed by atoms with van der Waals surface area (Å²) in [4.78, 5) is 30.3. The van der Waals surface area contributed by atoms with E-state index in [-0.39, 0.29) is 17.6 Å². The summed E-state index contributed by atoms with van der Waals surface area (Å²) in [5.74, 6) is -2.28. The molecule has 4 aromatic rings. The van der Waals surface area contributed by atoms with Gasteiger partial charge in [0.05, 0.1) is 30.1 Å². The van der Waals surface area contributed by atoms with Crippen molar-refractivity contribution < 1.29 is 23.5 Å². The molecule has 2 amide bonds. The van der Waals surface area contributed by atoms with Gasteiger partial charge in [-0.15, -0.1) is 5.10 Å². The van der Waals surface area contributed by atoms with Gasteiger partial charge in [-0.2, -0.15) is 0 Å². The molecule has 0 saturated carbocycles. The van der Waals surface area contributed by atoms with E-state index in [0.29, 0.717) is 61.2 Å². The van der Waals surface area contributed by atoms with Crippen molar-refractivity contribution >= 4 is 28.9 Å². The zero-order valence-electron chi connectivity index (χ0n) is 24.8. The van der Waals surface area contributed by atoms with Crippen LogP contribution in [0.5, 0.6) is 0 Å². The van der Waals surface area contributed by atoms with Crippen molar-refractivity contribution in [2.45, 2.75) is 44.8 Å². The van der Waals surface area contributed by atoms with Crippen molar-refractivity contribution in [1.29, 1.82) is 0 Å². The first-order chi connectivity index (χ1) is 21.8. The van der Waals surface area contributed by atoms with Gasteiger partial charge in [0.2, 0.25) is 0 Å². The van der Waals surface area contributed by atoms with E-state index >= 15 is 0 Å². The number of hydrogen-bond acceptors (Lipinski definition) is 7. The number of carbonyl (C=O) groups excluding carboxylic acids is 2. The van der Waals surface area contributed by atoms with Crippen molar-refractivity contribution in [3.05, 3.63) is 95.3 Å². The van der Waals surface area contributed by atoms with Gasteiger partial charge in [-0.3, -0.25) is 9.59 Å². The Morgan fingerprint density at radius 2 is 1.64 bits per heavy atom. The molecule has 6 rings (SSSR count). The lowest BCUT2D eigenvalue weighted by molar-refractivity contribution is 0.0724. The highest BCUT2D eigenvalue weighted by Crippen LogP contribution is 2.29. The number of carbonyl (C=O) groups is 2. The molecule has 0 radical (unpaired) electrons. The number of benzene rings is 3. The molecule has 1 aromatic heterocycles. The maximum atomic E-state index is 13.7. The van der Waals surface area contributed by atoms with E-state index in [1.807, 2.05) is 23.1 Å². The standard InChI is InChI=1S/C33H35F2N7O3/c34-23-15-22(16-24(35)17-23)32(44)37-26-5-4-6-28(18-26)42-21-27(38-39-42)20-36-25-7-8-31(40-13-9-29(43)10-14-40)30(19-25)33(45)41-11-2-1-3-12-41/h4-8,15-19,21,29,36,43H,1-3,9-14,20H2,(H,37,44). The molecule has 0 spiro atoms. The monoisotopic (exact) mass is 615 g/mol. The molecule has 234 valence electrons. The van der Waals surface area contributed by atoms with E-state index in [1.165, 1.54) is 0 Å². The Labute approximate surface area is 259 Å². The number of halogens is 2. The number of hydrogen-bond donors (Lipinski definition) is 3. The Morgan fingerprint density at radius 1 is 0.889 bits per heavy atom. The average Bonchev–Trinajstić information content (AvgIpc) is 3.53. The number of aliphatic hydroxyl groups is 1. The topological polar surface area (TPSA) is 116 Å². The molecule has 0 aliphatic carbocycles. The summed E-state index contributed by atoms with van der Waals surface area (Å²) in [7, 11) is 0. The number of piperidine rings is 2. The molecule has 3 aromatic carbocycles. The van der Waals surface area contributed by atoms with Crippen LogP contribution in [0.1, 0.15) is 58.5 Å². The summed E-state index contributed by atoms with van der Waals surface area (Å²) in [6, 6.07) is 15.3. The largest absolute Gasteiger partial charge is 0.393 e. The number of likely N-dealkylation sites (tertiary alicyclic amines) is 1.